The van der Waals surface area contributed by atoms with Gasteiger partial charge in [0, 0.05) is 12.8 Å². The Hall–Kier alpha value is -1.13. The van der Waals surface area contributed by atoms with Crippen molar-refractivity contribution in [2.45, 2.75) is 44.8 Å². The zero-order valence-electron chi connectivity index (χ0n) is 11.9. The maximum absolute atomic E-state index is 11.2. The fraction of sp³-hybridized carbons (Fsp3) is 0.667. The lowest BCUT2D eigenvalue weighted by Crippen LogP contribution is -2.26. The minimum Gasteiger partial charge on any atom is -0.461 e. The maximum atomic E-state index is 11.2. The number of allylic oxidation sites excluding steroid dienone is 1. The second kappa shape index (κ2) is 8.12. The molecule has 0 aromatic rings. The van der Waals surface area contributed by atoms with E-state index in [4.69, 9.17) is 14.2 Å². The first-order chi connectivity index (χ1) is 9.03. The standard InChI is InChI=1S/C15H24O4/c1-4-5-8-14(16)17-9-6-7-10-19-15(2,3)11-13-12-18-13/h4,6-7,13H,1,5,8-12H2,2-3H3/b7-6+. The fourth-order valence-electron chi connectivity index (χ4n) is 1.64. The predicted molar refractivity (Wildman–Crippen MR) is 73.9 cm³/mol. The van der Waals surface area contributed by atoms with Crippen LogP contribution in [0, 0.1) is 0 Å². The summed E-state index contributed by atoms with van der Waals surface area (Å²) in [7, 11) is 0. The van der Waals surface area contributed by atoms with Crippen LogP contribution in [0.5, 0.6) is 0 Å². The molecule has 1 atom stereocenters. The number of esters is 1. The van der Waals surface area contributed by atoms with Crippen LogP contribution in [0.1, 0.15) is 33.1 Å². The Morgan fingerprint density at radius 1 is 1.42 bits per heavy atom. The average molecular weight is 268 g/mol. The molecule has 0 N–H and O–H groups in total. The summed E-state index contributed by atoms with van der Waals surface area (Å²) >= 11 is 0. The summed E-state index contributed by atoms with van der Waals surface area (Å²) in [4.78, 5) is 11.2. The molecular weight excluding hydrogens is 244 g/mol. The van der Waals surface area contributed by atoms with E-state index < -0.39 is 0 Å². The van der Waals surface area contributed by atoms with E-state index in [0.29, 0.717) is 32.2 Å². The van der Waals surface area contributed by atoms with Crippen LogP contribution in [-0.4, -0.2) is 37.5 Å². The Bertz CT molecular complexity index is 316. The van der Waals surface area contributed by atoms with Crippen LogP contribution >= 0.6 is 0 Å². The molecule has 1 aliphatic heterocycles. The lowest BCUT2D eigenvalue weighted by molar-refractivity contribution is -0.142. The van der Waals surface area contributed by atoms with Crippen LogP contribution < -0.4 is 0 Å². The molecule has 4 nitrogen and oxygen atoms in total. The number of carbonyl (C=O) groups is 1. The van der Waals surface area contributed by atoms with Gasteiger partial charge in [0.15, 0.2) is 0 Å². The van der Waals surface area contributed by atoms with Crippen LogP contribution in [0.4, 0.5) is 0 Å². The van der Waals surface area contributed by atoms with E-state index in [1.54, 1.807) is 12.2 Å². The molecule has 0 aromatic heterocycles. The second-order valence-corrected chi connectivity index (χ2v) is 5.21. The van der Waals surface area contributed by atoms with E-state index in [9.17, 15) is 4.79 Å². The van der Waals surface area contributed by atoms with Crippen LogP contribution in [-0.2, 0) is 19.0 Å². The molecule has 1 unspecified atom stereocenters. The van der Waals surface area contributed by atoms with E-state index in [0.717, 1.165) is 13.0 Å². The monoisotopic (exact) mass is 268 g/mol. The molecule has 0 bridgehead atoms. The summed E-state index contributed by atoms with van der Waals surface area (Å²) in [6.45, 7) is 9.33. The van der Waals surface area contributed by atoms with Crippen molar-refractivity contribution in [3.8, 4) is 0 Å². The first kappa shape index (κ1) is 15.9. The van der Waals surface area contributed by atoms with Crippen LogP contribution in [0.25, 0.3) is 0 Å². The van der Waals surface area contributed by atoms with E-state index in [1.807, 2.05) is 6.08 Å². The second-order valence-electron chi connectivity index (χ2n) is 5.21. The van der Waals surface area contributed by atoms with Gasteiger partial charge in [0.05, 0.1) is 24.9 Å². The topological polar surface area (TPSA) is 48.1 Å². The molecule has 4 heteroatoms. The summed E-state index contributed by atoms with van der Waals surface area (Å²) in [6, 6.07) is 0. The Balaban J connectivity index is 2.03. The van der Waals surface area contributed by atoms with Crippen molar-refractivity contribution in [1.82, 2.24) is 0 Å². The molecule has 0 saturated carbocycles. The average Bonchev–Trinajstić information content (AvgIpc) is 3.14. The SMILES string of the molecule is C=CCCC(=O)OC/C=C/COC(C)(C)CC1CO1. The van der Waals surface area contributed by atoms with E-state index >= 15 is 0 Å². The molecule has 108 valence electrons. The molecule has 0 amide bonds. The molecule has 0 aliphatic carbocycles. The van der Waals surface area contributed by atoms with Crippen LogP contribution in [0.15, 0.2) is 24.8 Å². The van der Waals surface area contributed by atoms with Crippen molar-refractivity contribution in [1.29, 1.82) is 0 Å². The Kier molecular flexibility index (Phi) is 6.81. The quantitative estimate of drug-likeness (QED) is 0.347. The highest BCUT2D eigenvalue weighted by molar-refractivity contribution is 5.69. The first-order valence-corrected chi connectivity index (χ1v) is 6.70. The predicted octanol–water partition coefficient (Wildman–Crippen LogP) is 2.64. The molecular formula is C15H24O4. The van der Waals surface area contributed by atoms with Crippen molar-refractivity contribution in [2.75, 3.05) is 19.8 Å². The third-order valence-corrected chi connectivity index (χ3v) is 2.75. The van der Waals surface area contributed by atoms with Crippen LogP contribution in [0.2, 0.25) is 0 Å². The summed E-state index contributed by atoms with van der Waals surface area (Å²) in [5, 5.41) is 0. The summed E-state index contributed by atoms with van der Waals surface area (Å²) in [5.41, 5.74) is -0.174. The van der Waals surface area contributed by atoms with Crippen molar-refractivity contribution in [2.24, 2.45) is 0 Å². The highest BCUT2D eigenvalue weighted by atomic mass is 16.6. The van der Waals surface area contributed by atoms with E-state index in [2.05, 4.69) is 20.4 Å². The third kappa shape index (κ3) is 8.56. The van der Waals surface area contributed by atoms with E-state index in [-0.39, 0.29) is 11.6 Å². The molecule has 19 heavy (non-hydrogen) atoms. The van der Waals surface area contributed by atoms with Gasteiger partial charge in [-0.05, 0) is 26.3 Å². The van der Waals surface area contributed by atoms with Gasteiger partial charge in [-0.15, -0.1) is 6.58 Å². The largest absolute Gasteiger partial charge is 0.461 e. The Labute approximate surface area is 115 Å². The number of rotatable bonds is 10. The van der Waals surface area contributed by atoms with Gasteiger partial charge in [-0.1, -0.05) is 12.2 Å². The van der Waals surface area contributed by atoms with Gasteiger partial charge in [-0.3, -0.25) is 4.79 Å². The number of carbonyl (C=O) groups excluding carboxylic acids is 1. The zero-order valence-corrected chi connectivity index (χ0v) is 11.9. The van der Waals surface area contributed by atoms with Crippen molar-refractivity contribution >= 4 is 5.97 Å². The first-order valence-electron chi connectivity index (χ1n) is 6.70. The fourth-order valence-corrected chi connectivity index (χ4v) is 1.64. The van der Waals surface area contributed by atoms with Gasteiger partial charge in [0.2, 0.25) is 0 Å². The lowest BCUT2D eigenvalue weighted by atomic mass is 10.0. The summed E-state index contributed by atoms with van der Waals surface area (Å²) < 4.78 is 15.9. The maximum Gasteiger partial charge on any atom is 0.306 e. The van der Waals surface area contributed by atoms with Crippen molar-refractivity contribution < 1.29 is 19.0 Å². The zero-order chi connectivity index (χ0) is 14.1. The highest BCUT2D eigenvalue weighted by Gasteiger charge is 2.31. The molecule has 1 fully saturated rings. The normalized spacial score (nSPS) is 18.5. The molecule has 0 aromatic carbocycles. The molecule has 0 radical (unpaired) electrons. The van der Waals surface area contributed by atoms with Gasteiger partial charge in [-0.25, -0.2) is 0 Å². The number of hydrogen-bond donors (Lipinski definition) is 0. The lowest BCUT2D eigenvalue weighted by Gasteiger charge is -2.23. The molecule has 1 rings (SSSR count). The van der Waals surface area contributed by atoms with Gasteiger partial charge in [-0.2, -0.15) is 0 Å². The minimum absolute atomic E-state index is 0.174. The Morgan fingerprint density at radius 2 is 2.11 bits per heavy atom. The van der Waals surface area contributed by atoms with Crippen LogP contribution in [0.3, 0.4) is 0 Å². The molecule has 1 saturated heterocycles. The van der Waals surface area contributed by atoms with Gasteiger partial charge >= 0.3 is 5.97 Å². The van der Waals surface area contributed by atoms with E-state index in [1.165, 1.54) is 0 Å². The minimum atomic E-state index is -0.198. The third-order valence-electron chi connectivity index (χ3n) is 2.75. The van der Waals surface area contributed by atoms with Gasteiger partial charge in [0.25, 0.3) is 0 Å². The molecule has 0 spiro atoms. The van der Waals surface area contributed by atoms with Gasteiger partial charge < -0.3 is 14.2 Å². The number of hydrogen-bond acceptors (Lipinski definition) is 4. The van der Waals surface area contributed by atoms with Gasteiger partial charge in [0.1, 0.15) is 6.61 Å². The number of ether oxygens (including phenoxy) is 3. The summed E-state index contributed by atoms with van der Waals surface area (Å²) in [5.74, 6) is -0.198. The smallest absolute Gasteiger partial charge is 0.306 e. The number of epoxide rings is 1. The molecule has 1 heterocycles. The Morgan fingerprint density at radius 3 is 2.74 bits per heavy atom. The van der Waals surface area contributed by atoms with Crippen molar-refractivity contribution in [3.05, 3.63) is 24.8 Å². The highest BCUT2D eigenvalue weighted by Crippen LogP contribution is 2.24. The molecule has 1 aliphatic rings. The summed E-state index contributed by atoms with van der Waals surface area (Å²) in [6.07, 6.45) is 7.70. The van der Waals surface area contributed by atoms with Crippen molar-refractivity contribution in [3.63, 3.8) is 0 Å².